The first-order valence-electron chi connectivity index (χ1n) is 15.5. The molecule has 222 valence electrons. The van der Waals surface area contributed by atoms with Crippen molar-refractivity contribution in [2.45, 2.75) is 110 Å². The fourth-order valence-electron chi connectivity index (χ4n) is 7.34. The van der Waals surface area contributed by atoms with E-state index in [-0.39, 0.29) is 41.4 Å². The van der Waals surface area contributed by atoms with Crippen molar-refractivity contribution in [1.29, 1.82) is 0 Å². The van der Waals surface area contributed by atoms with Crippen LogP contribution < -0.4 is 10.6 Å². The van der Waals surface area contributed by atoms with Crippen molar-refractivity contribution in [3.63, 3.8) is 0 Å². The minimum absolute atomic E-state index is 0.0377. The van der Waals surface area contributed by atoms with E-state index in [1.807, 2.05) is 30.3 Å². The van der Waals surface area contributed by atoms with Gasteiger partial charge in [0.1, 0.15) is 6.04 Å². The van der Waals surface area contributed by atoms with E-state index in [2.05, 4.69) is 57.3 Å². The van der Waals surface area contributed by atoms with Gasteiger partial charge >= 0.3 is 7.12 Å². The average molecular weight is 563 g/mol. The Morgan fingerprint density at radius 1 is 1.15 bits per heavy atom. The third-order valence-electron chi connectivity index (χ3n) is 9.94. The van der Waals surface area contributed by atoms with Gasteiger partial charge in [-0.25, -0.2) is 0 Å². The first kappa shape index (κ1) is 29.8. The molecule has 2 aromatic rings. The van der Waals surface area contributed by atoms with E-state index in [9.17, 15) is 9.59 Å². The zero-order valence-electron chi connectivity index (χ0n) is 25.6. The molecule has 2 N–H and O–H groups in total. The van der Waals surface area contributed by atoms with Crippen LogP contribution in [0.25, 0.3) is 0 Å². The predicted molar refractivity (Wildman–Crippen MR) is 160 cm³/mol. The van der Waals surface area contributed by atoms with E-state index in [4.69, 9.17) is 9.31 Å². The molecular weight excluding hydrogens is 515 g/mol. The molecule has 1 saturated heterocycles. The highest BCUT2D eigenvalue weighted by atomic mass is 16.7. The zero-order valence-corrected chi connectivity index (χ0v) is 25.6. The van der Waals surface area contributed by atoms with Crippen LogP contribution in [0.4, 0.5) is 0 Å². The summed E-state index contributed by atoms with van der Waals surface area (Å²) in [4.78, 5) is 27.1. The van der Waals surface area contributed by atoms with E-state index >= 15 is 0 Å². The molecule has 2 amide bonds. The number of hydrogen-bond donors (Lipinski definition) is 2. The highest BCUT2D eigenvalue weighted by Gasteiger charge is 2.68. The van der Waals surface area contributed by atoms with Gasteiger partial charge in [0.15, 0.2) is 0 Å². The molecule has 8 nitrogen and oxygen atoms in total. The fourth-order valence-corrected chi connectivity index (χ4v) is 7.34. The van der Waals surface area contributed by atoms with Gasteiger partial charge in [-0.15, -0.1) is 0 Å². The second kappa shape index (κ2) is 11.9. The van der Waals surface area contributed by atoms with Crippen LogP contribution in [-0.2, 0) is 27.1 Å². The maximum Gasteiger partial charge on any atom is 0.481 e. The summed E-state index contributed by atoms with van der Waals surface area (Å²) < 4.78 is 15.0. The van der Waals surface area contributed by atoms with Gasteiger partial charge in [0.25, 0.3) is 5.91 Å². The van der Waals surface area contributed by atoms with Gasteiger partial charge in [0.2, 0.25) is 5.91 Å². The van der Waals surface area contributed by atoms with Crippen LogP contribution >= 0.6 is 0 Å². The summed E-state index contributed by atoms with van der Waals surface area (Å²) in [5, 5.41) is 10.5. The van der Waals surface area contributed by atoms with Gasteiger partial charge in [0.05, 0.1) is 24.2 Å². The molecule has 2 bridgehead atoms. The number of aromatic nitrogens is 2. The van der Waals surface area contributed by atoms with Crippen LogP contribution in [0.3, 0.4) is 0 Å². The van der Waals surface area contributed by atoms with Gasteiger partial charge in [-0.05, 0) is 86.0 Å². The number of carbonyl (C=O) groups is 2. The quantitative estimate of drug-likeness (QED) is 0.362. The van der Waals surface area contributed by atoms with Crippen molar-refractivity contribution in [2.75, 3.05) is 0 Å². The third kappa shape index (κ3) is 6.12. The second-order valence-electron chi connectivity index (χ2n) is 13.6. The Labute approximate surface area is 245 Å². The number of hydrogen-bond acceptors (Lipinski definition) is 5. The standard InChI is InChI=1S/C32H47BN4O4/c1-7-8-10-22-11-13-23(14-12-22)29(38)35-25(20-37-16-9-15-34-37)30(39)36-28(17-21(2)3)33-40-27-19-24-18-26(31(24,4)5)32(27,6)41-33/h9,11-16,21,24-28H,7-8,10,17-20H2,1-6H3,(H,35,38)(H,36,39)/t24-,25-,26-,27+,28?,32-/m0/s1. The molecule has 4 fully saturated rings. The van der Waals surface area contributed by atoms with Gasteiger partial charge < -0.3 is 19.9 Å². The van der Waals surface area contributed by atoms with Crippen LogP contribution in [0.5, 0.6) is 0 Å². The minimum atomic E-state index is -0.817. The number of nitrogens with one attached hydrogen (secondary N) is 2. The molecule has 6 atom stereocenters. The van der Waals surface area contributed by atoms with E-state index in [0.29, 0.717) is 29.7 Å². The molecular formula is C32H47BN4O4. The Hall–Kier alpha value is -2.65. The molecule has 6 rings (SSSR count). The summed E-state index contributed by atoms with van der Waals surface area (Å²) in [6.45, 7) is 13.5. The van der Waals surface area contributed by atoms with Crippen molar-refractivity contribution < 1.29 is 18.9 Å². The second-order valence-corrected chi connectivity index (χ2v) is 13.6. The van der Waals surface area contributed by atoms with Gasteiger partial charge in [0, 0.05) is 18.0 Å². The number of carbonyl (C=O) groups excluding carboxylic acids is 2. The van der Waals surface area contributed by atoms with Crippen molar-refractivity contribution in [3.8, 4) is 0 Å². The molecule has 41 heavy (non-hydrogen) atoms. The van der Waals surface area contributed by atoms with Gasteiger partial charge in [-0.1, -0.05) is 53.2 Å². The van der Waals surface area contributed by atoms with E-state index in [1.54, 1.807) is 17.1 Å². The first-order valence-corrected chi connectivity index (χ1v) is 15.5. The van der Waals surface area contributed by atoms with Crippen LogP contribution in [0.15, 0.2) is 42.7 Å². The van der Waals surface area contributed by atoms with Crippen LogP contribution in [0.1, 0.15) is 89.6 Å². The number of rotatable bonds is 12. The topological polar surface area (TPSA) is 94.5 Å². The van der Waals surface area contributed by atoms with Crippen molar-refractivity contribution in [1.82, 2.24) is 20.4 Å². The summed E-state index contributed by atoms with van der Waals surface area (Å²) in [6, 6.07) is 8.64. The number of unbranched alkanes of at least 4 members (excludes halogenated alkanes) is 1. The first-order chi connectivity index (χ1) is 19.5. The number of nitrogens with zero attached hydrogens (tertiary/aromatic N) is 2. The summed E-state index contributed by atoms with van der Waals surface area (Å²) in [5.74, 6) is 0.530. The third-order valence-corrected chi connectivity index (χ3v) is 9.94. The monoisotopic (exact) mass is 562 g/mol. The maximum absolute atomic E-state index is 13.8. The number of benzene rings is 1. The molecule has 0 spiro atoms. The fraction of sp³-hybridized carbons (Fsp3) is 0.656. The Morgan fingerprint density at radius 3 is 2.54 bits per heavy atom. The molecule has 1 aliphatic heterocycles. The zero-order chi connectivity index (χ0) is 29.4. The van der Waals surface area contributed by atoms with Crippen molar-refractivity contribution in [2.24, 2.45) is 23.2 Å². The van der Waals surface area contributed by atoms with Crippen LogP contribution in [-0.4, -0.2) is 52.4 Å². The summed E-state index contributed by atoms with van der Waals surface area (Å²) >= 11 is 0. The normalized spacial score (nSPS) is 27.6. The Kier molecular flexibility index (Phi) is 8.67. The molecule has 1 aromatic carbocycles. The summed E-state index contributed by atoms with van der Waals surface area (Å²) in [5.41, 5.74) is 1.63. The minimum Gasteiger partial charge on any atom is -0.404 e. The molecule has 1 unspecified atom stereocenters. The van der Waals surface area contributed by atoms with Crippen LogP contribution in [0, 0.1) is 23.2 Å². The smallest absolute Gasteiger partial charge is 0.404 e. The van der Waals surface area contributed by atoms with E-state index in [1.165, 1.54) is 12.0 Å². The van der Waals surface area contributed by atoms with Gasteiger partial charge in [-0.3, -0.25) is 14.3 Å². The molecule has 9 heteroatoms. The Balaban J connectivity index is 1.30. The highest BCUT2D eigenvalue weighted by Crippen LogP contribution is 2.65. The molecule has 0 radical (unpaired) electrons. The number of amides is 2. The molecule has 1 aromatic heterocycles. The molecule has 2 heterocycles. The maximum atomic E-state index is 13.8. The Morgan fingerprint density at radius 2 is 1.90 bits per heavy atom. The predicted octanol–water partition coefficient (Wildman–Crippen LogP) is 4.82. The largest absolute Gasteiger partial charge is 0.481 e. The highest BCUT2D eigenvalue weighted by molar-refractivity contribution is 6.48. The lowest BCUT2D eigenvalue weighted by atomic mass is 9.43. The summed E-state index contributed by atoms with van der Waals surface area (Å²) in [7, 11) is -0.525. The number of aryl methyl sites for hydroxylation is 1. The molecule has 4 aliphatic rings. The summed E-state index contributed by atoms with van der Waals surface area (Å²) in [6.07, 6.45) is 9.61. The van der Waals surface area contributed by atoms with E-state index < -0.39 is 13.2 Å². The average Bonchev–Trinajstić information content (AvgIpc) is 3.57. The molecule has 3 aliphatic carbocycles. The molecule has 3 saturated carbocycles. The lowest BCUT2D eigenvalue weighted by Crippen LogP contribution is -2.65. The van der Waals surface area contributed by atoms with Crippen molar-refractivity contribution >= 4 is 18.9 Å². The van der Waals surface area contributed by atoms with Gasteiger partial charge in [-0.2, -0.15) is 5.10 Å². The van der Waals surface area contributed by atoms with Crippen LogP contribution in [0.2, 0.25) is 0 Å². The van der Waals surface area contributed by atoms with Crippen molar-refractivity contribution in [3.05, 3.63) is 53.9 Å². The Bertz CT molecular complexity index is 1200. The van der Waals surface area contributed by atoms with E-state index in [0.717, 1.165) is 25.7 Å². The lowest BCUT2D eigenvalue weighted by molar-refractivity contribution is -0.199. The SMILES string of the molecule is CCCCc1ccc(C(=O)N[C@@H](Cn2cccn2)C(=O)NC(CC(C)C)B2O[C@@H]3C[C@@H]4C[C@@H](C4(C)C)[C@]3(C)O2)cc1. The lowest BCUT2D eigenvalue weighted by Gasteiger charge is -2.64.